The van der Waals surface area contributed by atoms with E-state index in [2.05, 4.69) is 5.10 Å². The van der Waals surface area contributed by atoms with Crippen LogP contribution in [-0.2, 0) is 6.54 Å². The van der Waals surface area contributed by atoms with Crippen LogP contribution in [0, 0.1) is 0 Å². The van der Waals surface area contributed by atoms with E-state index >= 15 is 0 Å². The van der Waals surface area contributed by atoms with E-state index in [1.54, 1.807) is 6.92 Å². The molecule has 3 nitrogen and oxygen atoms in total. The molecule has 0 aliphatic carbocycles. The fraction of sp³-hybridized carbons (Fsp3) is 0.571. The average molecular weight is 193 g/mol. The molecular formula is C7H10F3N3. The molecular weight excluding hydrogens is 183 g/mol. The van der Waals surface area contributed by atoms with Gasteiger partial charge in [-0.2, -0.15) is 18.3 Å². The molecule has 6 heteroatoms. The average Bonchev–Trinajstić information content (AvgIpc) is 2.48. The molecule has 2 N–H and O–H groups in total. The van der Waals surface area contributed by atoms with E-state index in [-0.39, 0.29) is 5.69 Å². The van der Waals surface area contributed by atoms with E-state index in [0.717, 1.165) is 0 Å². The van der Waals surface area contributed by atoms with E-state index in [1.165, 1.54) is 16.9 Å². The van der Waals surface area contributed by atoms with Crippen LogP contribution in [0.1, 0.15) is 18.7 Å². The molecule has 1 atom stereocenters. The topological polar surface area (TPSA) is 43.8 Å². The van der Waals surface area contributed by atoms with Crippen molar-refractivity contribution in [2.24, 2.45) is 5.73 Å². The van der Waals surface area contributed by atoms with Crippen molar-refractivity contribution < 1.29 is 13.2 Å². The summed E-state index contributed by atoms with van der Waals surface area (Å²) in [4.78, 5) is 0. The Labute approximate surface area is 73.3 Å². The Bertz CT molecular complexity index is 279. The predicted octanol–water partition coefficient (Wildman–Crippen LogP) is 1.47. The van der Waals surface area contributed by atoms with Crippen molar-refractivity contribution in [2.45, 2.75) is 25.7 Å². The SMILES string of the molecule is CCn1ccc(C(N)C(F)(F)F)n1. The number of hydrogen-bond donors (Lipinski definition) is 1. The molecule has 1 aromatic rings. The van der Waals surface area contributed by atoms with Gasteiger partial charge in [-0.25, -0.2) is 0 Å². The van der Waals surface area contributed by atoms with Gasteiger partial charge in [-0.05, 0) is 13.0 Å². The summed E-state index contributed by atoms with van der Waals surface area (Å²) in [6.07, 6.45) is -2.95. The van der Waals surface area contributed by atoms with Crippen molar-refractivity contribution in [1.82, 2.24) is 9.78 Å². The van der Waals surface area contributed by atoms with Crippen molar-refractivity contribution in [3.63, 3.8) is 0 Å². The molecule has 1 aromatic heterocycles. The molecule has 0 aliphatic heterocycles. The van der Waals surface area contributed by atoms with Crippen LogP contribution in [0.3, 0.4) is 0 Å². The molecule has 0 fully saturated rings. The molecule has 0 amide bonds. The minimum absolute atomic E-state index is 0.144. The lowest BCUT2D eigenvalue weighted by molar-refractivity contribution is -0.150. The first-order valence-electron chi connectivity index (χ1n) is 3.80. The summed E-state index contributed by atoms with van der Waals surface area (Å²) in [5.41, 5.74) is 4.80. The third-order valence-corrected chi connectivity index (χ3v) is 1.66. The molecule has 0 bridgehead atoms. The van der Waals surface area contributed by atoms with Crippen LogP contribution in [-0.4, -0.2) is 16.0 Å². The summed E-state index contributed by atoms with van der Waals surface area (Å²) in [7, 11) is 0. The first-order valence-corrected chi connectivity index (χ1v) is 3.80. The van der Waals surface area contributed by atoms with Crippen molar-refractivity contribution >= 4 is 0 Å². The Morgan fingerprint density at radius 3 is 2.62 bits per heavy atom. The second kappa shape index (κ2) is 3.37. The highest BCUT2D eigenvalue weighted by Gasteiger charge is 2.39. The third-order valence-electron chi connectivity index (χ3n) is 1.66. The van der Waals surface area contributed by atoms with Crippen molar-refractivity contribution in [3.05, 3.63) is 18.0 Å². The van der Waals surface area contributed by atoms with Crippen LogP contribution in [0.2, 0.25) is 0 Å². The Kier molecular flexibility index (Phi) is 2.60. The first-order chi connectivity index (χ1) is 5.95. The maximum atomic E-state index is 12.1. The predicted molar refractivity (Wildman–Crippen MR) is 40.9 cm³/mol. The number of aryl methyl sites for hydroxylation is 1. The fourth-order valence-corrected chi connectivity index (χ4v) is 0.887. The molecule has 0 radical (unpaired) electrons. The molecule has 1 heterocycles. The summed E-state index contributed by atoms with van der Waals surface area (Å²) in [6, 6.07) is -0.706. The Balaban J connectivity index is 2.83. The van der Waals surface area contributed by atoms with E-state index < -0.39 is 12.2 Å². The smallest absolute Gasteiger partial charge is 0.315 e. The minimum atomic E-state index is -4.42. The van der Waals surface area contributed by atoms with Crippen LogP contribution >= 0.6 is 0 Å². The highest BCUT2D eigenvalue weighted by atomic mass is 19.4. The van der Waals surface area contributed by atoms with Gasteiger partial charge in [0.25, 0.3) is 0 Å². The monoisotopic (exact) mass is 193 g/mol. The van der Waals surface area contributed by atoms with Gasteiger partial charge in [-0.1, -0.05) is 0 Å². The normalized spacial score (nSPS) is 14.5. The van der Waals surface area contributed by atoms with Crippen molar-refractivity contribution in [1.29, 1.82) is 0 Å². The van der Waals surface area contributed by atoms with Crippen LogP contribution in [0.25, 0.3) is 0 Å². The van der Waals surface area contributed by atoms with Crippen molar-refractivity contribution in [3.8, 4) is 0 Å². The van der Waals surface area contributed by atoms with Gasteiger partial charge < -0.3 is 5.73 Å². The molecule has 0 spiro atoms. The van der Waals surface area contributed by atoms with E-state index in [4.69, 9.17) is 5.73 Å². The number of alkyl halides is 3. The van der Waals surface area contributed by atoms with Gasteiger partial charge in [0, 0.05) is 12.7 Å². The highest BCUT2D eigenvalue weighted by Crippen LogP contribution is 2.29. The quantitative estimate of drug-likeness (QED) is 0.772. The summed E-state index contributed by atoms with van der Waals surface area (Å²) >= 11 is 0. The van der Waals surface area contributed by atoms with E-state index in [0.29, 0.717) is 6.54 Å². The molecule has 13 heavy (non-hydrogen) atoms. The number of nitrogens with zero attached hydrogens (tertiary/aromatic N) is 2. The largest absolute Gasteiger partial charge is 0.409 e. The minimum Gasteiger partial charge on any atom is -0.315 e. The molecule has 0 saturated heterocycles. The second-order valence-electron chi connectivity index (χ2n) is 2.62. The fourth-order valence-electron chi connectivity index (χ4n) is 0.887. The van der Waals surface area contributed by atoms with Gasteiger partial charge in [0.1, 0.15) is 6.04 Å². The van der Waals surface area contributed by atoms with Gasteiger partial charge in [0.2, 0.25) is 0 Å². The number of nitrogens with two attached hydrogens (primary N) is 1. The Morgan fingerprint density at radius 2 is 2.23 bits per heavy atom. The lowest BCUT2D eigenvalue weighted by Gasteiger charge is -2.12. The lowest BCUT2D eigenvalue weighted by atomic mass is 10.2. The summed E-state index contributed by atoms with van der Waals surface area (Å²) in [5.74, 6) is 0. The third kappa shape index (κ3) is 2.21. The zero-order valence-electron chi connectivity index (χ0n) is 7.04. The van der Waals surface area contributed by atoms with Crippen LogP contribution in [0.5, 0.6) is 0 Å². The number of rotatable bonds is 2. The zero-order valence-corrected chi connectivity index (χ0v) is 7.04. The van der Waals surface area contributed by atoms with Gasteiger partial charge in [-0.3, -0.25) is 4.68 Å². The van der Waals surface area contributed by atoms with Crippen molar-refractivity contribution in [2.75, 3.05) is 0 Å². The maximum absolute atomic E-state index is 12.1. The Morgan fingerprint density at radius 1 is 1.62 bits per heavy atom. The molecule has 0 aliphatic rings. The van der Waals surface area contributed by atoms with Gasteiger partial charge in [-0.15, -0.1) is 0 Å². The number of halogens is 3. The Hall–Kier alpha value is -1.04. The van der Waals surface area contributed by atoms with E-state index in [1.807, 2.05) is 0 Å². The molecule has 0 aromatic carbocycles. The van der Waals surface area contributed by atoms with Crippen LogP contribution in [0.15, 0.2) is 12.3 Å². The summed E-state index contributed by atoms with van der Waals surface area (Å²) in [5, 5.41) is 3.67. The van der Waals surface area contributed by atoms with Crippen LogP contribution in [0.4, 0.5) is 13.2 Å². The van der Waals surface area contributed by atoms with Crippen LogP contribution < -0.4 is 5.73 Å². The highest BCUT2D eigenvalue weighted by molar-refractivity contribution is 5.06. The number of hydrogen-bond acceptors (Lipinski definition) is 2. The summed E-state index contributed by atoms with van der Waals surface area (Å²) in [6.45, 7) is 2.32. The van der Waals surface area contributed by atoms with Gasteiger partial charge in [0.15, 0.2) is 0 Å². The molecule has 1 rings (SSSR count). The molecule has 74 valence electrons. The standard InChI is InChI=1S/C7H10F3N3/c1-2-13-4-3-5(12-13)6(11)7(8,9)10/h3-4,6H,2,11H2,1H3. The second-order valence-corrected chi connectivity index (χ2v) is 2.62. The van der Waals surface area contributed by atoms with Gasteiger partial charge >= 0.3 is 6.18 Å². The summed E-state index contributed by atoms with van der Waals surface area (Å²) < 4.78 is 37.6. The lowest BCUT2D eigenvalue weighted by Crippen LogP contribution is -2.28. The van der Waals surface area contributed by atoms with Gasteiger partial charge in [0.05, 0.1) is 5.69 Å². The molecule has 0 saturated carbocycles. The molecule has 1 unspecified atom stereocenters. The first kappa shape index (κ1) is 10.0. The number of aromatic nitrogens is 2. The van der Waals surface area contributed by atoms with E-state index in [9.17, 15) is 13.2 Å². The maximum Gasteiger partial charge on any atom is 0.409 e. The zero-order chi connectivity index (χ0) is 10.1.